The van der Waals surface area contributed by atoms with Crippen molar-refractivity contribution in [2.45, 2.75) is 18.9 Å². The van der Waals surface area contributed by atoms with Crippen molar-refractivity contribution in [2.24, 2.45) is 0 Å². The maximum absolute atomic E-state index is 12.1. The summed E-state index contributed by atoms with van der Waals surface area (Å²) in [5.74, 6) is -0.0394. The van der Waals surface area contributed by atoms with E-state index in [9.17, 15) is 9.90 Å². The van der Waals surface area contributed by atoms with E-state index < -0.39 is 5.60 Å². The minimum atomic E-state index is -0.683. The Morgan fingerprint density at radius 2 is 2.12 bits per heavy atom. The van der Waals surface area contributed by atoms with Crippen molar-refractivity contribution in [1.29, 1.82) is 0 Å². The van der Waals surface area contributed by atoms with E-state index in [-0.39, 0.29) is 5.91 Å². The van der Waals surface area contributed by atoms with Crippen molar-refractivity contribution in [3.63, 3.8) is 0 Å². The van der Waals surface area contributed by atoms with Crippen molar-refractivity contribution < 1.29 is 9.90 Å². The second-order valence-corrected chi connectivity index (χ2v) is 6.13. The van der Waals surface area contributed by atoms with Crippen molar-refractivity contribution in [2.75, 3.05) is 13.1 Å². The second-order valence-electron chi connectivity index (χ2n) is 4.36. The SMILES string of the molecule is CCC1(O)CN(C(=O)c2ccc(Br)cc2Br)C1. The van der Waals surface area contributed by atoms with Crippen LogP contribution in [0.4, 0.5) is 0 Å². The van der Waals surface area contributed by atoms with Crippen LogP contribution < -0.4 is 0 Å². The summed E-state index contributed by atoms with van der Waals surface area (Å²) in [6.07, 6.45) is 0.679. The van der Waals surface area contributed by atoms with Gasteiger partial charge in [0.1, 0.15) is 0 Å². The number of likely N-dealkylation sites (tertiary alicyclic amines) is 1. The van der Waals surface area contributed by atoms with Gasteiger partial charge in [0.2, 0.25) is 0 Å². The molecule has 0 spiro atoms. The molecule has 1 aromatic carbocycles. The first-order chi connectivity index (χ1) is 7.95. The number of halogens is 2. The molecule has 1 aliphatic heterocycles. The van der Waals surface area contributed by atoms with E-state index >= 15 is 0 Å². The van der Waals surface area contributed by atoms with Gasteiger partial charge >= 0.3 is 0 Å². The van der Waals surface area contributed by atoms with Gasteiger partial charge < -0.3 is 10.0 Å². The topological polar surface area (TPSA) is 40.5 Å². The molecule has 1 fully saturated rings. The summed E-state index contributed by atoms with van der Waals surface area (Å²) in [5, 5.41) is 9.89. The number of hydrogen-bond donors (Lipinski definition) is 1. The summed E-state index contributed by atoms with van der Waals surface area (Å²) in [5.41, 5.74) is -0.0522. The third kappa shape index (κ3) is 2.56. The molecule has 0 atom stereocenters. The Hall–Kier alpha value is -0.390. The lowest BCUT2D eigenvalue weighted by atomic mass is 9.90. The first-order valence-electron chi connectivity index (χ1n) is 5.42. The van der Waals surface area contributed by atoms with E-state index in [0.29, 0.717) is 25.1 Å². The fourth-order valence-corrected chi connectivity index (χ4v) is 3.08. The lowest BCUT2D eigenvalue weighted by Gasteiger charge is -2.46. The van der Waals surface area contributed by atoms with Crippen molar-refractivity contribution in [3.05, 3.63) is 32.7 Å². The van der Waals surface area contributed by atoms with E-state index in [4.69, 9.17) is 0 Å². The fraction of sp³-hybridized carbons (Fsp3) is 0.417. The molecule has 1 saturated heterocycles. The summed E-state index contributed by atoms with van der Waals surface area (Å²) < 4.78 is 1.69. The molecule has 3 nitrogen and oxygen atoms in total. The minimum Gasteiger partial charge on any atom is -0.386 e. The second kappa shape index (κ2) is 4.71. The monoisotopic (exact) mass is 361 g/mol. The van der Waals surface area contributed by atoms with Gasteiger partial charge in [0.25, 0.3) is 5.91 Å². The lowest BCUT2D eigenvalue weighted by Crippen LogP contribution is -2.63. The number of β-amino-alcohol motifs (C(OH)–C–C–N with tert-alkyl or cyclic N) is 1. The number of carbonyl (C=O) groups excluding carboxylic acids is 1. The first kappa shape index (κ1) is 13.1. The van der Waals surface area contributed by atoms with Gasteiger partial charge in [-0.05, 0) is 40.5 Å². The zero-order chi connectivity index (χ0) is 12.6. The summed E-state index contributed by atoms with van der Waals surface area (Å²) in [6, 6.07) is 5.46. The molecule has 5 heteroatoms. The van der Waals surface area contributed by atoms with E-state index in [1.54, 1.807) is 11.0 Å². The van der Waals surface area contributed by atoms with Crippen LogP contribution in [0.1, 0.15) is 23.7 Å². The van der Waals surface area contributed by atoms with Crippen LogP contribution in [0.15, 0.2) is 27.1 Å². The summed E-state index contributed by atoms with van der Waals surface area (Å²) >= 11 is 6.72. The summed E-state index contributed by atoms with van der Waals surface area (Å²) in [6.45, 7) is 2.77. The molecule has 0 aromatic heterocycles. The van der Waals surface area contributed by atoms with Crippen LogP contribution in [-0.2, 0) is 0 Å². The average Bonchev–Trinajstić information content (AvgIpc) is 2.24. The quantitative estimate of drug-likeness (QED) is 0.878. The van der Waals surface area contributed by atoms with Crippen LogP contribution in [0.3, 0.4) is 0 Å². The highest BCUT2D eigenvalue weighted by atomic mass is 79.9. The number of benzene rings is 1. The van der Waals surface area contributed by atoms with Crippen LogP contribution in [0.2, 0.25) is 0 Å². The normalized spacial score (nSPS) is 17.8. The maximum Gasteiger partial charge on any atom is 0.255 e. The lowest BCUT2D eigenvalue weighted by molar-refractivity contribution is -0.0826. The molecule has 0 aliphatic carbocycles. The molecule has 1 N–H and O–H groups in total. The molecule has 1 heterocycles. The maximum atomic E-state index is 12.1. The van der Waals surface area contributed by atoms with Crippen LogP contribution in [-0.4, -0.2) is 34.6 Å². The molecule has 17 heavy (non-hydrogen) atoms. The van der Waals surface area contributed by atoms with Gasteiger partial charge in [-0.25, -0.2) is 0 Å². The number of carbonyl (C=O) groups is 1. The Labute approximate surface area is 117 Å². The molecule has 0 radical (unpaired) electrons. The number of hydrogen-bond acceptors (Lipinski definition) is 2. The minimum absolute atomic E-state index is 0.0394. The van der Waals surface area contributed by atoms with Gasteiger partial charge in [0, 0.05) is 8.95 Å². The predicted molar refractivity (Wildman–Crippen MR) is 73.0 cm³/mol. The third-order valence-electron chi connectivity index (χ3n) is 3.08. The molecule has 1 aromatic rings. The van der Waals surface area contributed by atoms with E-state index in [1.807, 2.05) is 19.1 Å². The molecular formula is C12H13Br2NO2. The molecule has 0 saturated carbocycles. The van der Waals surface area contributed by atoms with E-state index in [0.717, 1.165) is 8.95 Å². The average molecular weight is 363 g/mol. The van der Waals surface area contributed by atoms with Crippen LogP contribution in [0, 0.1) is 0 Å². The number of rotatable bonds is 2. The molecule has 1 amide bonds. The highest BCUT2D eigenvalue weighted by Gasteiger charge is 2.42. The van der Waals surface area contributed by atoms with Crippen LogP contribution in [0.25, 0.3) is 0 Å². The highest BCUT2D eigenvalue weighted by molar-refractivity contribution is 9.11. The highest BCUT2D eigenvalue weighted by Crippen LogP contribution is 2.29. The van der Waals surface area contributed by atoms with Gasteiger partial charge in [-0.2, -0.15) is 0 Å². The van der Waals surface area contributed by atoms with Gasteiger partial charge in [0.15, 0.2) is 0 Å². The largest absolute Gasteiger partial charge is 0.386 e. The van der Waals surface area contributed by atoms with Crippen LogP contribution >= 0.6 is 31.9 Å². The molecule has 92 valence electrons. The fourth-order valence-electron chi connectivity index (χ4n) is 1.86. The Morgan fingerprint density at radius 3 is 2.65 bits per heavy atom. The summed E-state index contributed by atoms with van der Waals surface area (Å²) in [4.78, 5) is 13.8. The van der Waals surface area contributed by atoms with Crippen molar-refractivity contribution in [3.8, 4) is 0 Å². The zero-order valence-corrected chi connectivity index (χ0v) is 12.6. The van der Waals surface area contributed by atoms with Gasteiger partial charge in [-0.15, -0.1) is 0 Å². The van der Waals surface area contributed by atoms with E-state index in [1.165, 1.54) is 0 Å². The Morgan fingerprint density at radius 1 is 1.47 bits per heavy atom. The van der Waals surface area contributed by atoms with Crippen molar-refractivity contribution in [1.82, 2.24) is 4.90 Å². The molecule has 0 bridgehead atoms. The van der Waals surface area contributed by atoms with Gasteiger partial charge in [-0.1, -0.05) is 22.9 Å². The third-order valence-corrected chi connectivity index (χ3v) is 4.23. The first-order valence-corrected chi connectivity index (χ1v) is 7.00. The zero-order valence-electron chi connectivity index (χ0n) is 9.41. The molecule has 0 unspecified atom stereocenters. The molecule has 2 rings (SSSR count). The van der Waals surface area contributed by atoms with Gasteiger partial charge in [0.05, 0.1) is 24.3 Å². The number of aliphatic hydroxyl groups is 1. The Kier molecular flexibility index (Phi) is 3.61. The number of nitrogens with zero attached hydrogens (tertiary/aromatic N) is 1. The smallest absolute Gasteiger partial charge is 0.255 e. The molecular weight excluding hydrogens is 350 g/mol. The summed E-state index contributed by atoms with van der Waals surface area (Å²) in [7, 11) is 0. The Balaban J connectivity index is 2.12. The predicted octanol–water partition coefficient (Wildman–Crippen LogP) is 2.81. The molecule has 1 aliphatic rings. The number of amides is 1. The standard InChI is InChI=1S/C12H13Br2NO2/c1-2-12(17)6-15(7-12)11(16)9-4-3-8(13)5-10(9)14/h3-5,17H,2,6-7H2,1H3. The van der Waals surface area contributed by atoms with E-state index in [2.05, 4.69) is 31.9 Å². The van der Waals surface area contributed by atoms with Crippen LogP contribution in [0.5, 0.6) is 0 Å². The van der Waals surface area contributed by atoms with Crippen molar-refractivity contribution >= 4 is 37.8 Å². The Bertz CT molecular complexity index is 456. The van der Waals surface area contributed by atoms with Gasteiger partial charge in [-0.3, -0.25) is 4.79 Å².